The average molecular weight is 335 g/mol. The third-order valence-electron chi connectivity index (χ3n) is 3.29. The second kappa shape index (κ2) is 5.15. The molecular formula is C12H13BrF2N2O2. The van der Waals surface area contributed by atoms with Crippen molar-refractivity contribution >= 4 is 27.5 Å². The Morgan fingerprint density at radius 3 is 2.79 bits per heavy atom. The van der Waals surface area contributed by atoms with Gasteiger partial charge in [-0.15, -0.1) is 0 Å². The van der Waals surface area contributed by atoms with E-state index in [4.69, 9.17) is 10.5 Å². The van der Waals surface area contributed by atoms with Crippen molar-refractivity contribution in [1.82, 2.24) is 0 Å². The Bertz CT molecular complexity index is 527. The van der Waals surface area contributed by atoms with Crippen LogP contribution >= 0.6 is 15.9 Å². The molecule has 0 aliphatic carbocycles. The van der Waals surface area contributed by atoms with Gasteiger partial charge in [0.2, 0.25) is 5.91 Å². The van der Waals surface area contributed by atoms with Crippen LogP contribution in [0.5, 0.6) is 0 Å². The molecule has 104 valence electrons. The minimum Gasteiger partial charge on any atom is -0.379 e. The van der Waals surface area contributed by atoms with Gasteiger partial charge in [0.25, 0.3) is 0 Å². The third-order valence-corrected chi connectivity index (χ3v) is 3.90. The number of hydrogen-bond acceptors (Lipinski definition) is 3. The van der Waals surface area contributed by atoms with Gasteiger partial charge in [0.05, 0.1) is 28.8 Å². The Balaban J connectivity index is 2.22. The smallest absolute Gasteiger partial charge is 0.234 e. The highest BCUT2D eigenvalue weighted by Crippen LogP contribution is 2.30. The number of ether oxygens (including phenoxy) is 1. The molecule has 1 aromatic rings. The summed E-state index contributed by atoms with van der Waals surface area (Å²) >= 11 is 2.87. The van der Waals surface area contributed by atoms with E-state index in [1.165, 1.54) is 0 Å². The fraction of sp³-hybridized carbons (Fsp3) is 0.417. The van der Waals surface area contributed by atoms with Crippen LogP contribution in [0.1, 0.15) is 6.92 Å². The van der Waals surface area contributed by atoms with Crippen molar-refractivity contribution in [3.8, 4) is 0 Å². The molecule has 0 spiro atoms. The number of amides is 1. The summed E-state index contributed by atoms with van der Waals surface area (Å²) in [7, 11) is 0. The predicted octanol–water partition coefficient (Wildman–Crippen LogP) is 2.03. The highest BCUT2D eigenvalue weighted by atomic mass is 79.9. The van der Waals surface area contributed by atoms with Crippen LogP contribution in [0.4, 0.5) is 14.5 Å². The van der Waals surface area contributed by atoms with Gasteiger partial charge in [0.1, 0.15) is 11.6 Å². The molecule has 0 bridgehead atoms. The number of rotatable bonds is 2. The lowest BCUT2D eigenvalue weighted by Gasteiger charge is -2.25. The van der Waals surface area contributed by atoms with Crippen molar-refractivity contribution in [2.45, 2.75) is 13.0 Å². The van der Waals surface area contributed by atoms with Gasteiger partial charge in [-0.1, -0.05) is 0 Å². The van der Waals surface area contributed by atoms with E-state index < -0.39 is 29.0 Å². The van der Waals surface area contributed by atoms with E-state index in [1.54, 1.807) is 6.92 Å². The quantitative estimate of drug-likeness (QED) is 0.813. The highest BCUT2D eigenvalue weighted by Gasteiger charge is 2.44. The molecule has 0 radical (unpaired) electrons. The van der Waals surface area contributed by atoms with Crippen LogP contribution in [0, 0.1) is 17.0 Å². The number of anilines is 1. The van der Waals surface area contributed by atoms with Crippen LogP contribution in [-0.2, 0) is 9.53 Å². The summed E-state index contributed by atoms with van der Waals surface area (Å²) in [5.41, 5.74) is 4.63. The van der Waals surface area contributed by atoms with Gasteiger partial charge < -0.3 is 15.8 Å². The van der Waals surface area contributed by atoms with Crippen molar-refractivity contribution in [2.24, 2.45) is 11.1 Å². The molecule has 1 aromatic carbocycles. The Kier molecular flexibility index (Phi) is 3.89. The highest BCUT2D eigenvalue weighted by molar-refractivity contribution is 9.10. The topological polar surface area (TPSA) is 64.3 Å². The fourth-order valence-corrected chi connectivity index (χ4v) is 2.12. The monoisotopic (exact) mass is 334 g/mol. The van der Waals surface area contributed by atoms with E-state index in [-0.39, 0.29) is 23.4 Å². The summed E-state index contributed by atoms with van der Waals surface area (Å²) in [5.74, 6) is -1.87. The van der Waals surface area contributed by atoms with Crippen molar-refractivity contribution in [3.05, 3.63) is 28.2 Å². The van der Waals surface area contributed by atoms with Gasteiger partial charge in [-0.3, -0.25) is 4.79 Å². The number of carbonyl (C=O) groups is 1. The molecule has 1 aliphatic heterocycles. The molecule has 1 aliphatic rings. The third kappa shape index (κ3) is 2.63. The van der Waals surface area contributed by atoms with Gasteiger partial charge in [0.15, 0.2) is 0 Å². The summed E-state index contributed by atoms with van der Waals surface area (Å²) in [6.07, 6.45) is 0. The predicted molar refractivity (Wildman–Crippen MR) is 69.6 cm³/mol. The van der Waals surface area contributed by atoms with Crippen LogP contribution in [0.3, 0.4) is 0 Å². The van der Waals surface area contributed by atoms with E-state index in [1.807, 2.05) is 0 Å². The summed E-state index contributed by atoms with van der Waals surface area (Å²) in [4.78, 5) is 12.1. The van der Waals surface area contributed by atoms with Crippen LogP contribution < -0.4 is 11.1 Å². The number of nitrogens with one attached hydrogen (secondary N) is 1. The van der Waals surface area contributed by atoms with Crippen molar-refractivity contribution in [1.29, 1.82) is 0 Å². The number of benzene rings is 1. The SMILES string of the molecule is CC1(C(=O)Nc2cc(F)c(Br)cc2F)COCC1N. The van der Waals surface area contributed by atoms with E-state index in [0.29, 0.717) is 0 Å². The molecule has 2 rings (SSSR count). The zero-order valence-electron chi connectivity index (χ0n) is 10.2. The maximum Gasteiger partial charge on any atom is 0.234 e. The van der Waals surface area contributed by atoms with Gasteiger partial charge >= 0.3 is 0 Å². The zero-order chi connectivity index (χ0) is 14.2. The summed E-state index contributed by atoms with van der Waals surface area (Å²) in [6.45, 7) is 2.05. The summed E-state index contributed by atoms with van der Waals surface area (Å²) < 4.78 is 32.1. The molecule has 1 fully saturated rings. The fourth-order valence-electron chi connectivity index (χ4n) is 1.81. The van der Waals surface area contributed by atoms with Gasteiger partial charge in [-0.2, -0.15) is 0 Å². The lowest BCUT2D eigenvalue weighted by molar-refractivity contribution is -0.125. The number of nitrogens with two attached hydrogens (primary N) is 1. The second-order valence-corrected chi connectivity index (χ2v) is 5.59. The molecule has 2 atom stereocenters. The molecule has 1 heterocycles. The standard InChI is InChI=1S/C12H13BrF2N2O2/c1-12(5-19-4-10(12)16)11(18)17-9-3-7(14)6(13)2-8(9)15/h2-3,10H,4-5,16H2,1H3,(H,17,18). The summed E-state index contributed by atoms with van der Waals surface area (Å²) in [6, 6.07) is 1.40. The number of halogens is 3. The second-order valence-electron chi connectivity index (χ2n) is 4.74. The molecule has 7 heteroatoms. The minimum atomic E-state index is -0.948. The molecule has 0 saturated carbocycles. The van der Waals surface area contributed by atoms with Gasteiger partial charge in [-0.05, 0) is 28.9 Å². The van der Waals surface area contributed by atoms with Crippen LogP contribution in [0.15, 0.2) is 16.6 Å². The molecule has 0 aromatic heterocycles. The molecule has 19 heavy (non-hydrogen) atoms. The Morgan fingerprint density at radius 1 is 1.53 bits per heavy atom. The van der Waals surface area contributed by atoms with Gasteiger partial charge in [-0.25, -0.2) is 8.78 Å². The zero-order valence-corrected chi connectivity index (χ0v) is 11.8. The minimum absolute atomic E-state index is 0.00453. The van der Waals surface area contributed by atoms with E-state index >= 15 is 0 Å². The van der Waals surface area contributed by atoms with Crippen molar-refractivity contribution in [2.75, 3.05) is 18.5 Å². The molecule has 3 N–H and O–H groups in total. The van der Waals surface area contributed by atoms with Crippen molar-refractivity contribution < 1.29 is 18.3 Å². The van der Waals surface area contributed by atoms with Crippen molar-refractivity contribution in [3.63, 3.8) is 0 Å². The Morgan fingerprint density at radius 2 is 2.21 bits per heavy atom. The lowest BCUT2D eigenvalue weighted by atomic mass is 9.85. The first-order valence-electron chi connectivity index (χ1n) is 5.64. The first-order valence-corrected chi connectivity index (χ1v) is 6.43. The Hall–Kier alpha value is -1.05. The van der Waals surface area contributed by atoms with E-state index in [2.05, 4.69) is 21.2 Å². The molecular weight excluding hydrogens is 322 g/mol. The largest absolute Gasteiger partial charge is 0.379 e. The van der Waals surface area contributed by atoms with Gasteiger partial charge in [0, 0.05) is 12.1 Å². The molecule has 4 nitrogen and oxygen atoms in total. The first kappa shape index (κ1) is 14.4. The van der Waals surface area contributed by atoms with E-state index in [9.17, 15) is 13.6 Å². The molecule has 1 amide bonds. The number of hydrogen-bond donors (Lipinski definition) is 2. The lowest BCUT2D eigenvalue weighted by Crippen LogP contribution is -2.47. The normalized spacial score (nSPS) is 26.5. The van der Waals surface area contributed by atoms with Crippen LogP contribution in [0.2, 0.25) is 0 Å². The maximum absolute atomic E-state index is 13.6. The molecule has 2 unspecified atom stereocenters. The molecule has 1 saturated heterocycles. The maximum atomic E-state index is 13.6. The summed E-state index contributed by atoms with van der Waals surface area (Å²) in [5, 5.41) is 2.36. The average Bonchev–Trinajstić information content (AvgIpc) is 2.68. The number of carbonyl (C=O) groups excluding carboxylic acids is 1. The van der Waals surface area contributed by atoms with E-state index in [0.717, 1.165) is 12.1 Å². The first-order chi connectivity index (χ1) is 8.84. The van der Waals surface area contributed by atoms with Crippen LogP contribution in [-0.4, -0.2) is 25.2 Å². The van der Waals surface area contributed by atoms with Crippen LogP contribution in [0.25, 0.3) is 0 Å². The Labute approximate surface area is 117 Å².